The Morgan fingerprint density at radius 3 is 2.81 bits per heavy atom. The van der Waals surface area contributed by atoms with Crippen molar-refractivity contribution < 1.29 is 0 Å². The van der Waals surface area contributed by atoms with E-state index in [0.29, 0.717) is 0 Å². The van der Waals surface area contributed by atoms with E-state index in [1.165, 1.54) is 6.33 Å². The molecule has 2 aromatic heterocycles. The van der Waals surface area contributed by atoms with Gasteiger partial charge in [0.25, 0.3) is 0 Å². The Morgan fingerprint density at radius 2 is 1.94 bits per heavy atom. The van der Waals surface area contributed by atoms with E-state index < -0.39 is 0 Å². The Bertz CT molecular complexity index is 642. The molecule has 0 unspecified atom stereocenters. The molecule has 0 amide bonds. The number of benzene rings is 1. The summed E-state index contributed by atoms with van der Waals surface area (Å²) in [5.74, 6) is 0. The fourth-order valence-corrected chi connectivity index (χ4v) is 1.79. The van der Waals surface area contributed by atoms with Gasteiger partial charge < -0.3 is 5.73 Å². The molecule has 0 saturated heterocycles. The van der Waals surface area contributed by atoms with Crippen LogP contribution in [0.15, 0.2) is 48.9 Å². The van der Waals surface area contributed by atoms with Crippen LogP contribution in [0.2, 0.25) is 0 Å². The minimum absolute atomic E-state index is 0.726. The molecular weight excluding hydrogens is 200 g/mol. The first-order chi connectivity index (χ1) is 7.86. The number of para-hydroxylation sites is 1. The molecular formula is C12H10N4. The summed E-state index contributed by atoms with van der Waals surface area (Å²) in [6, 6.07) is 11.6. The first-order valence-corrected chi connectivity index (χ1v) is 4.99. The zero-order chi connectivity index (χ0) is 11.0. The molecule has 16 heavy (non-hydrogen) atoms. The topological polar surface area (TPSA) is 56.2 Å². The molecule has 1 aromatic carbocycles. The second-order valence-corrected chi connectivity index (χ2v) is 3.53. The maximum atomic E-state index is 5.94. The Morgan fingerprint density at radius 1 is 1.06 bits per heavy atom. The van der Waals surface area contributed by atoms with Crippen LogP contribution in [0.4, 0.5) is 5.69 Å². The average molecular weight is 210 g/mol. The molecule has 0 saturated carbocycles. The van der Waals surface area contributed by atoms with Crippen molar-refractivity contribution in [2.75, 3.05) is 5.73 Å². The number of anilines is 1. The van der Waals surface area contributed by atoms with Crippen molar-refractivity contribution in [1.82, 2.24) is 14.6 Å². The summed E-state index contributed by atoms with van der Waals surface area (Å²) < 4.78 is 1.79. The lowest BCUT2D eigenvalue weighted by molar-refractivity contribution is 0.906. The third-order valence-corrected chi connectivity index (χ3v) is 2.55. The standard InChI is InChI=1S/C12H10N4/c13-10-5-2-1-4-9(10)12-11-6-3-7-16(11)15-8-14-12/h1-8H,13H2. The molecule has 0 aliphatic carbocycles. The van der Waals surface area contributed by atoms with Crippen LogP contribution in [0, 0.1) is 0 Å². The minimum atomic E-state index is 0.726. The summed E-state index contributed by atoms with van der Waals surface area (Å²) in [6.07, 6.45) is 3.43. The van der Waals surface area contributed by atoms with Crippen molar-refractivity contribution in [3.8, 4) is 11.3 Å². The second-order valence-electron chi connectivity index (χ2n) is 3.53. The number of hydrogen-bond acceptors (Lipinski definition) is 3. The van der Waals surface area contributed by atoms with E-state index >= 15 is 0 Å². The molecule has 3 rings (SSSR count). The number of rotatable bonds is 1. The summed E-state index contributed by atoms with van der Waals surface area (Å²) in [5.41, 5.74) is 9.43. The van der Waals surface area contributed by atoms with Crippen LogP contribution >= 0.6 is 0 Å². The molecule has 0 bridgehead atoms. The highest BCUT2D eigenvalue weighted by Gasteiger charge is 2.08. The van der Waals surface area contributed by atoms with E-state index in [-0.39, 0.29) is 0 Å². The lowest BCUT2D eigenvalue weighted by atomic mass is 10.1. The predicted molar refractivity (Wildman–Crippen MR) is 62.8 cm³/mol. The van der Waals surface area contributed by atoms with Gasteiger partial charge in [0.1, 0.15) is 6.33 Å². The Labute approximate surface area is 92.4 Å². The summed E-state index contributed by atoms with van der Waals surface area (Å²) in [6.45, 7) is 0. The Balaban J connectivity index is 2.34. The smallest absolute Gasteiger partial charge is 0.137 e. The van der Waals surface area contributed by atoms with Gasteiger partial charge in [-0.3, -0.25) is 0 Å². The first kappa shape index (κ1) is 8.91. The zero-order valence-corrected chi connectivity index (χ0v) is 8.54. The van der Waals surface area contributed by atoms with Gasteiger partial charge in [0, 0.05) is 17.4 Å². The van der Waals surface area contributed by atoms with Crippen molar-refractivity contribution in [1.29, 1.82) is 0 Å². The second kappa shape index (κ2) is 3.34. The quantitative estimate of drug-likeness (QED) is 0.625. The van der Waals surface area contributed by atoms with Gasteiger partial charge in [-0.15, -0.1) is 0 Å². The largest absolute Gasteiger partial charge is 0.398 e. The molecule has 2 N–H and O–H groups in total. The number of nitrogens with zero attached hydrogens (tertiary/aromatic N) is 3. The molecule has 4 heteroatoms. The van der Waals surface area contributed by atoms with E-state index in [9.17, 15) is 0 Å². The average Bonchev–Trinajstić information content (AvgIpc) is 2.77. The van der Waals surface area contributed by atoms with Gasteiger partial charge in [0.2, 0.25) is 0 Å². The highest BCUT2D eigenvalue weighted by Crippen LogP contribution is 2.26. The highest BCUT2D eigenvalue weighted by atomic mass is 15.2. The fraction of sp³-hybridized carbons (Fsp3) is 0. The Kier molecular flexibility index (Phi) is 1.86. The van der Waals surface area contributed by atoms with Crippen LogP contribution in [-0.2, 0) is 0 Å². The first-order valence-electron chi connectivity index (χ1n) is 4.99. The van der Waals surface area contributed by atoms with Crippen molar-refractivity contribution in [2.45, 2.75) is 0 Å². The van der Waals surface area contributed by atoms with E-state index in [4.69, 9.17) is 5.73 Å². The van der Waals surface area contributed by atoms with Gasteiger partial charge in [0.15, 0.2) is 0 Å². The van der Waals surface area contributed by atoms with Crippen LogP contribution < -0.4 is 5.73 Å². The summed E-state index contributed by atoms with van der Waals surface area (Å²) >= 11 is 0. The van der Waals surface area contributed by atoms with Gasteiger partial charge in [-0.2, -0.15) is 5.10 Å². The summed E-state index contributed by atoms with van der Waals surface area (Å²) in [4.78, 5) is 4.30. The van der Waals surface area contributed by atoms with Gasteiger partial charge >= 0.3 is 0 Å². The molecule has 0 aliphatic heterocycles. The van der Waals surface area contributed by atoms with E-state index in [2.05, 4.69) is 10.1 Å². The number of nitrogens with two attached hydrogens (primary N) is 1. The molecule has 0 radical (unpaired) electrons. The molecule has 0 fully saturated rings. The van der Waals surface area contributed by atoms with Gasteiger partial charge in [-0.1, -0.05) is 18.2 Å². The van der Waals surface area contributed by atoms with E-state index in [0.717, 1.165) is 22.5 Å². The molecule has 2 heterocycles. The predicted octanol–water partition coefficient (Wildman–Crippen LogP) is 1.98. The SMILES string of the molecule is Nc1ccccc1-c1ncnn2cccc12. The summed E-state index contributed by atoms with van der Waals surface area (Å²) in [5, 5.41) is 4.12. The van der Waals surface area contributed by atoms with Crippen molar-refractivity contribution in [2.24, 2.45) is 0 Å². The summed E-state index contributed by atoms with van der Waals surface area (Å²) in [7, 11) is 0. The number of aromatic nitrogens is 3. The molecule has 0 aliphatic rings. The van der Waals surface area contributed by atoms with Crippen LogP contribution in [0.1, 0.15) is 0 Å². The molecule has 0 atom stereocenters. The third kappa shape index (κ3) is 1.24. The van der Waals surface area contributed by atoms with Crippen molar-refractivity contribution >= 4 is 11.2 Å². The molecule has 0 spiro atoms. The van der Waals surface area contributed by atoms with Gasteiger partial charge in [-0.25, -0.2) is 9.50 Å². The van der Waals surface area contributed by atoms with Crippen molar-refractivity contribution in [3.63, 3.8) is 0 Å². The zero-order valence-electron chi connectivity index (χ0n) is 8.54. The van der Waals surface area contributed by atoms with Gasteiger partial charge in [-0.05, 0) is 18.2 Å². The normalized spacial score (nSPS) is 10.8. The molecule has 3 aromatic rings. The van der Waals surface area contributed by atoms with E-state index in [1.807, 2.05) is 42.6 Å². The molecule has 4 nitrogen and oxygen atoms in total. The van der Waals surface area contributed by atoms with Crippen molar-refractivity contribution in [3.05, 3.63) is 48.9 Å². The van der Waals surface area contributed by atoms with Crippen LogP contribution in [0.3, 0.4) is 0 Å². The highest BCUT2D eigenvalue weighted by molar-refractivity contribution is 5.83. The lowest BCUT2D eigenvalue weighted by Crippen LogP contribution is -1.97. The number of fused-ring (bicyclic) bond motifs is 1. The van der Waals surface area contributed by atoms with E-state index in [1.54, 1.807) is 4.52 Å². The maximum absolute atomic E-state index is 5.94. The maximum Gasteiger partial charge on any atom is 0.137 e. The molecule has 78 valence electrons. The van der Waals surface area contributed by atoms with Crippen LogP contribution in [0.25, 0.3) is 16.8 Å². The Hall–Kier alpha value is -2.36. The van der Waals surface area contributed by atoms with Gasteiger partial charge in [0.05, 0.1) is 11.2 Å². The van der Waals surface area contributed by atoms with Crippen LogP contribution in [0.5, 0.6) is 0 Å². The monoisotopic (exact) mass is 210 g/mol. The lowest BCUT2D eigenvalue weighted by Gasteiger charge is -2.05. The van der Waals surface area contributed by atoms with Crippen LogP contribution in [-0.4, -0.2) is 14.6 Å². The third-order valence-electron chi connectivity index (χ3n) is 2.55. The fourth-order valence-electron chi connectivity index (χ4n) is 1.79. The number of hydrogen-bond donors (Lipinski definition) is 1. The number of nitrogen functional groups attached to an aromatic ring is 1. The minimum Gasteiger partial charge on any atom is -0.398 e.